The molecule has 0 saturated heterocycles. The van der Waals surface area contributed by atoms with Crippen molar-refractivity contribution in [3.8, 4) is 11.5 Å². The summed E-state index contributed by atoms with van der Waals surface area (Å²) in [6, 6.07) is 9.48. The largest absolute Gasteiger partial charge is 0.493 e. The number of pyridine rings is 1. The summed E-state index contributed by atoms with van der Waals surface area (Å²) in [4.78, 5) is 15.9. The van der Waals surface area contributed by atoms with E-state index in [1.807, 2.05) is 43.5 Å². The lowest BCUT2D eigenvalue weighted by Crippen LogP contribution is -2.30. The Bertz CT molecular complexity index is 665. The molecular formula is C18H22N2O3S. The number of thioether (sulfide) groups is 1. The van der Waals surface area contributed by atoms with Crippen molar-refractivity contribution in [2.75, 3.05) is 13.4 Å². The third-order valence-corrected chi connectivity index (χ3v) is 4.46. The molecule has 1 N–H and O–H groups in total. The van der Waals surface area contributed by atoms with Gasteiger partial charge in [-0.25, -0.2) is 0 Å². The van der Waals surface area contributed by atoms with Gasteiger partial charge in [-0.2, -0.15) is 11.8 Å². The Morgan fingerprint density at radius 3 is 2.79 bits per heavy atom. The molecule has 0 aliphatic heterocycles. The minimum atomic E-state index is -0.0611. The lowest BCUT2D eigenvalue weighted by Gasteiger charge is -2.13. The first kappa shape index (κ1) is 18.1. The Morgan fingerprint density at radius 2 is 2.12 bits per heavy atom. The van der Waals surface area contributed by atoms with Crippen molar-refractivity contribution in [2.45, 2.75) is 25.3 Å². The molecule has 2 rings (SSSR count). The zero-order valence-electron chi connectivity index (χ0n) is 14.1. The summed E-state index contributed by atoms with van der Waals surface area (Å²) in [6.07, 6.45) is 5.41. The number of benzene rings is 1. The maximum absolute atomic E-state index is 11.8. The van der Waals surface area contributed by atoms with E-state index in [1.165, 1.54) is 11.8 Å². The van der Waals surface area contributed by atoms with E-state index in [4.69, 9.17) is 9.47 Å². The summed E-state index contributed by atoms with van der Waals surface area (Å²) in [7, 11) is 1.60. The number of aromatic nitrogens is 1. The van der Waals surface area contributed by atoms with Crippen LogP contribution >= 0.6 is 11.8 Å². The molecule has 0 aliphatic carbocycles. The second-order valence-corrected chi connectivity index (χ2v) is 6.41. The van der Waals surface area contributed by atoms with Crippen LogP contribution in [0.4, 0.5) is 0 Å². The van der Waals surface area contributed by atoms with Gasteiger partial charge in [0.25, 0.3) is 0 Å². The van der Waals surface area contributed by atoms with E-state index in [0.717, 1.165) is 11.1 Å². The Kier molecular flexibility index (Phi) is 6.93. The monoisotopic (exact) mass is 346 g/mol. The van der Waals surface area contributed by atoms with Crippen molar-refractivity contribution in [1.82, 2.24) is 10.3 Å². The van der Waals surface area contributed by atoms with E-state index in [0.29, 0.717) is 24.7 Å². The molecule has 1 heterocycles. The molecule has 0 radical (unpaired) electrons. The summed E-state index contributed by atoms with van der Waals surface area (Å²) in [5.41, 5.74) is 1.95. The Hall–Kier alpha value is -2.21. The van der Waals surface area contributed by atoms with Crippen molar-refractivity contribution in [3.63, 3.8) is 0 Å². The topological polar surface area (TPSA) is 60.5 Å². The SMILES string of the molecule is COc1cc(CNC(=O)C(C)SC)ccc1OCc1cccnc1. The number of carbonyl (C=O) groups is 1. The zero-order chi connectivity index (χ0) is 17.4. The van der Waals surface area contributed by atoms with Crippen LogP contribution < -0.4 is 14.8 Å². The van der Waals surface area contributed by atoms with Gasteiger partial charge in [-0.3, -0.25) is 9.78 Å². The number of amides is 1. The van der Waals surface area contributed by atoms with Crippen LogP contribution in [0, 0.1) is 0 Å². The number of nitrogens with one attached hydrogen (secondary N) is 1. The Morgan fingerprint density at radius 1 is 1.29 bits per heavy atom. The van der Waals surface area contributed by atoms with Crippen LogP contribution in [0.2, 0.25) is 0 Å². The van der Waals surface area contributed by atoms with E-state index >= 15 is 0 Å². The van der Waals surface area contributed by atoms with Crippen molar-refractivity contribution in [3.05, 3.63) is 53.9 Å². The van der Waals surface area contributed by atoms with Gasteiger partial charge in [0.1, 0.15) is 6.61 Å². The lowest BCUT2D eigenvalue weighted by atomic mass is 10.2. The Labute approximate surface area is 146 Å². The highest BCUT2D eigenvalue weighted by Crippen LogP contribution is 2.28. The van der Waals surface area contributed by atoms with Crippen molar-refractivity contribution < 1.29 is 14.3 Å². The first-order chi connectivity index (χ1) is 11.6. The maximum atomic E-state index is 11.8. The smallest absolute Gasteiger partial charge is 0.233 e. The molecule has 0 fully saturated rings. The quantitative estimate of drug-likeness (QED) is 0.796. The molecule has 1 atom stereocenters. The van der Waals surface area contributed by atoms with Crippen LogP contribution in [-0.2, 0) is 17.9 Å². The highest BCUT2D eigenvalue weighted by Gasteiger charge is 2.11. The molecule has 24 heavy (non-hydrogen) atoms. The third kappa shape index (κ3) is 5.16. The first-order valence-corrected chi connectivity index (χ1v) is 8.92. The van der Waals surface area contributed by atoms with Gasteiger partial charge in [0.05, 0.1) is 12.4 Å². The number of ether oxygens (including phenoxy) is 2. The van der Waals surface area contributed by atoms with Gasteiger partial charge < -0.3 is 14.8 Å². The van der Waals surface area contributed by atoms with Crippen LogP contribution in [0.25, 0.3) is 0 Å². The predicted octanol–water partition coefficient (Wildman–Crippen LogP) is 3.04. The van der Waals surface area contributed by atoms with Gasteiger partial charge in [0.15, 0.2) is 11.5 Å². The van der Waals surface area contributed by atoms with E-state index in [2.05, 4.69) is 10.3 Å². The molecule has 1 amide bonds. The van der Waals surface area contributed by atoms with Gasteiger partial charge >= 0.3 is 0 Å². The minimum absolute atomic E-state index is 0.0263. The summed E-state index contributed by atoms with van der Waals surface area (Å²) >= 11 is 1.52. The van der Waals surface area contributed by atoms with Crippen molar-refractivity contribution in [2.24, 2.45) is 0 Å². The molecule has 0 aliphatic rings. The molecule has 0 spiro atoms. The number of nitrogens with zero attached hydrogens (tertiary/aromatic N) is 1. The van der Waals surface area contributed by atoms with Crippen LogP contribution in [0.3, 0.4) is 0 Å². The molecule has 6 heteroatoms. The Balaban J connectivity index is 1.98. The molecule has 0 saturated carbocycles. The van der Waals surface area contributed by atoms with Crippen LogP contribution in [-0.4, -0.2) is 29.5 Å². The van der Waals surface area contributed by atoms with E-state index in [1.54, 1.807) is 19.5 Å². The number of methoxy groups -OCH3 is 1. The van der Waals surface area contributed by atoms with Crippen LogP contribution in [0.1, 0.15) is 18.1 Å². The van der Waals surface area contributed by atoms with Crippen LogP contribution in [0.5, 0.6) is 11.5 Å². The molecule has 5 nitrogen and oxygen atoms in total. The maximum Gasteiger partial charge on any atom is 0.233 e. The van der Waals surface area contributed by atoms with Gasteiger partial charge in [-0.05, 0) is 36.9 Å². The van der Waals surface area contributed by atoms with Gasteiger partial charge in [0, 0.05) is 24.5 Å². The van der Waals surface area contributed by atoms with Gasteiger partial charge in [-0.15, -0.1) is 0 Å². The summed E-state index contributed by atoms with van der Waals surface area (Å²) in [5, 5.41) is 2.85. The lowest BCUT2D eigenvalue weighted by molar-refractivity contribution is -0.120. The third-order valence-electron chi connectivity index (χ3n) is 3.53. The van der Waals surface area contributed by atoms with Crippen molar-refractivity contribution >= 4 is 17.7 Å². The number of hydrogen-bond donors (Lipinski definition) is 1. The fraction of sp³-hybridized carbons (Fsp3) is 0.333. The molecule has 128 valence electrons. The minimum Gasteiger partial charge on any atom is -0.493 e. The van der Waals surface area contributed by atoms with E-state index < -0.39 is 0 Å². The molecule has 0 bridgehead atoms. The van der Waals surface area contributed by atoms with Gasteiger partial charge in [-0.1, -0.05) is 12.1 Å². The highest BCUT2D eigenvalue weighted by molar-refractivity contribution is 7.99. The first-order valence-electron chi connectivity index (χ1n) is 7.63. The second kappa shape index (κ2) is 9.17. The normalized spacial score (nSPS) is 11.6. The average molecular weight is 346 g/mol. The predicted molar refractivity (Wildman–Crippen MR) is 96.4 cm³/mol. The molecule has 1 aromatic carbocycles. The summed E-state index contributed by atoms with van der Waals surface area (Å²) in [6.45, 7) is 2.77. The van der Waals surface area contributed by atoms with E-state index in [9.17, 15) is 4.79 Å². The number of rotatable bonds is 8. The fourth-order valence-electron chi connectivity index (χ4n) is 2.03. The summed E-state index contributed by atoms with van der Waals surface area (Å²) in [5.74, 6) is 1.33. The molecular weight excluding hydrogens is 324 g/mol. The average Bonchev–Trinajstić information content (AvgIpc) is 2.64. The highest BCUT2D eigenvalue weighted by atomic mass is 32.2. The molecule has 2 aromatic rings. The standard InChI is InChI=1S/C18H22N2O3S/c1-13(24-3)18(21)20-11-14-6-7-16(17(9-14)22-2)23-12-15-5-4-8-19-10-15/h4-10,13H,11-12H2,1-3H3,(H,20,21). The van der Waals surface area contributed by atoms with E-state index in [-0.39, 0.29) is 11.2 Å². The van der Waals surface area contributed by atoms with Crippen LogP contribution in [0.15, 0.2) is 42.7 Å². The molecule has 1 unspecified atom stereocenters. The summed E-state index contributed by atoms with van der Waals surface area (Å²) < 4.78 is 11.2. The van der Waals surface area contributed by atoms with Gasteiger partial charge in [0.2, 0.25) is 5.91 Å². The van der Waals surface area contributed by atoms with Crippen molar-refractivity contribution in [1.29, 1.82) is 0 Å². The zero-order valence-corrected chi connectivity index (χ0v) is 14.9. The number of hydrogen-bond acceptors (Lipinski definition) is 5. The molecule has 1 aromatic heterocycles. The fourth-order valence-corrected chi connectivity index (χ4v) is 2.32. The number of carbonyl (C=O) groups excluding carboxylic acids is 1. The second-order valence-electron chi connectivity index (χ2n) is 5.23.